The van der Waals surface area contributed by atoms with E-state index in [1.165, 1.54) is 65.3 Å². The fourth-order valence-electron chi connectivity index (χ4n) is 9.80. The lowest BCUT2D eigenvalue weighted by molar-refractivity contribution is 0.604. The van der Waals surface area contributed by atoms with E-state index < -0.39 is 0 Å². The molecule has 414 valence electrons. The molecule has 16 heteroatoms. The second-order valence-corrected chi connectivity index (χ2v) is 21.9. The van der Waals surface area contributed by atoms with Crippen molar-refractivity contribution in [3.05, 3.63) is 267 Å². The van der Waals surface area contributed by atoms with Gasteiger partial charge in [-0.3, -0.25) is 0 Å². The third-order valence-corrected chi connectivity index (χ3v) is 15.2. The molecule has 3 aliphatic heterocycles. The highest BCUT2D eigenvalue weighted by Gasteiger charge is 2.28. The molecular formula is C65H60BrCl2F4N9. The zero-order valence-electron chi connectivity index (χ0n) is 44.8. The average Bonchev–Trinajstić information content (AvgIpc) is 3.50. The second kappa shape index (κ2) is 26.0. The summed E-state index contributed by atoms with van der Waals surface area (Å²) in [5.41, 5.74) is 11.9. The summed E-state index contributed by atoms with van der Waals surface area (Å²) in [6.45, 7) is 10.6. The van der Waals surface area contributed by atoms with E-state index >= 15 is 0 Å². The Kier molecular flexibility index (Phi) is 18.1. The van der Waals surface area contributed by atoms with Gasteiger partial charge in [-0.15, -0.1) is 0 Å². The van der Waals surface area contributed by atoms with Crippen LogP contribution in [-0.4, -0.2) is 60.0 Å². The van der Waals surface area contributed by atoms with Crippen LogP contribution in [0.25, 0.3) is 0 Å². The molecular weight excluding hydrogens is 1130 g/mol. The van der Waals surface area contributed by atoms with E-state index in [-0.39, 0.29) is 23.3 Å². The van der Waals surface area contributed by atoms with Crippen LogP contribution in [0.3, 0.4) is 0 Å². The van der Waals surface area contributed by atoms with Crippen molar-refractivity contribution >= 4 is 90.3 Å². The Labute approximate surface area is 490 Å². The van der Waals surface area contributed by atoms with Crippen LogP contribution < -0.4 is 44.1 Å². The molecule has 0 amide bonds. The smallest absolute Gasteiger partial charge is 0.123 e. The molecule has 0 radical (unpaired) electrons. The molecule has 9 aromatic carbocycles. The predicted octanol–water partition coefficient (Wildman–Crippen LogP) is 16.4. The molecule has 9 aromatic rings. The summed E-state index contributed by atoms with van der Waals surface area (Å²) < 4.78 is 54.4. The van der Waals surface area contributed by atoms with Crippen molar-refractivity contribution in [3.8, 4) is 0 Å². The fraction of sp³-hybridized carbons (Fsp3) is 0.169. The van der Waals surface area contributed by atoms with Gasteiger partial charge in [0.25, 0.3) is 0 Å². The predicted molar refractivity (Wildman–Crippen MR) is 331 cm³/mol. The first-order chi connectivity index (χ1) is 39.2. The maximum atomic E-state index is 13.3. The monoisotopic (exact) mass is 1190 g/mol. The fourth-order valence-corrected chi connectivity index (χ4v) is 10.3. The van der Waals surface area contributed by atoms with Crippen LogP contribution in [-0.2, 0) is 0 Å². The summed E-state index contributed by atoms with van der Waals surface area (Å²) in [7, 11) is 0. The number of hydrogen-bond acceptors (Lipinski definition) is 9. The van der Waals surface area contributed by atoms with E-state index in [0.29, 0.717) is 40.0 Å². The molecule has 0 aliphatic carbocycles. The van der Waals surface area contributed by atoms with E-state index in [1.807, 2.05) is 36.4 Å². The summed E-state index contributed by atoms with van der Waals surface area (Å²) in [4.78, 5) is 20.2. The van der Waals surface area contributed by atoms with Crippen LogP contribution in [0.4, 0.5) is 68.7 Å². The van der Waals surface area contributed by atoms with Gasteiger partial charge in [0.05, 0.1) is 60.0 Å². The minimum Gasteiger partial charge on any atom is -0.336 e. The largest absolute Gasteiger partial charge is 0.336 e. The Hall–Kier alpha value is -8.04. The number of aryl methyl sites for hydroxylation is 2. The number of anilines is 9. The molecule has 3 aliphatic rings. The van der Waals surface area contributed by atoms with Crippen molar-refractivity contribution in [3.63, 3.8) is 0 Å². The van der Waals surface area contributed by atoms with Gasteiger partial charge in [0.2, 0.25) is 0 Å². The molecule has 81 heavy (non-hydrogen) atoms. The van der Waals surface area contributed by atoms with E-state index in [4.69, 9.17) is 23.2 Å². The molecule has 0 saturated carbocycles. The van der Waals surface area contributed by atoms with Crippen LogP contribution in [0.1, 0.15) is 11.1 Å². The zero-order valence-corrected chi connectivity index (χ0v) is 47.9. The summed E-state index contributed by atoms with van der Waals surface area (Å²) in [6, 6.07) is 67.3. The minimum absolute atomic E-state index is 0.249. The summed E-state index contributed by atoms with van der Waals surface area (Å²) >= 11 is 15.6. The SMILES string of the molecule is Cc1ccc(N2CN(c3ccc(Cl)cc3)CN(c3ccc(Cl)cc3)C2)cc1.Cc1ccc(N2CN(c3ccc(F)cc3)CN(c3ccc(F)cc3)C2)cc1.Fc1ccc(N2CN(c3ccc(F)cc3)CN(c3ccc(Br)cc3)C2)cc1. The number of benzene rings is 9. The number of nitrogens with zero attached hydrogens (tertiary/aromatic N) is 9. The first kappa shape index (κ1) is 56.2. The molecule has 0 N–H and O–H groups in total. The van der Waals surface area contributed by atoms with Crippen LogP contribution in [0.15, 0.2) is 223 Å². The Morgan fingerprint density at radius 3 is 0.580 bits per heavy atom. The maximum absolute atomic E-state index is 13.3. The topological polar surface area (TPSA) is 29.2 Å². The molecule has 0 spiro atoms. The number of rotatable bonds is 9. The van der Waals surface area contributed by atoms with Crippen molar-refractivity contribution in [2.75, 3.05) is 104 Å². The molecule has 3 heterocycles. The van der Waals surface area contributed by atoms with E-state index in [0.717, 1.165) is 80.0 Å². The van der Waals surface area contributed by atoms with Gasteiger partial charge in [-0.25, -0.2) is 17.6 Å². The summed E-state index contributed by atoms with van der Waals surface area (Å²) in [6.07, 6.45) is 0. The minimum atomic E-state index is -0.254. The van der Waals surface area contributed by atoms with Crippen molar-refractivity contribution in [1.82, 2.24) is 0 Å². The first-order valence-electron chi connectivity index (χ1n) is 26.4. The van der Waals surface area contributed by atoms with Crippen molar-refractivity contribution in [2.24, 2.45) is 0 Å². The van der Waals surface area contributed by atoms with Crippen LogP contribution in [0.5, 0.6) is 0 Å². The molecule has 0 bridgehead atoms. The highest BCUT2D eigenvalue weighted by atomic mass is 79.9. The van der Waals surface area contributed by atoms with Crippen molar-refractivity contribution in [2.45, 2.75) is 13.8 Å². The average molecular weight is 1190 g/mol. The Bertz CT molecular complexity index is 2670. The Morgan fingerprint density at radius 2 is 0.395 bits per heavy atom. The number of hydrogen-bond donors (Lipinski definition) is 0. The molecule has 0 aromatic heterocycles. The van der Waals surface area contributed by atoms with Crippen LogP contribution in [0, 0.1) is 37.1 Å². The second-order valence-electron chi connectivity index (χ2n) is 20.1. The quantitative estimate of drug-likeness (QED) is 0.131. The maximum Gasteiger partial charge on any atom is 0.123 e. The molecule has 12 rings (SSSR count). The van der Waals surface area contributed by atoms with Gasteiger partial charge in [-0.05, 0) is 208 Å². The molecule has 0 unspecified atom stereocenters. The standard InChI is InChI=1S/C22H21Cl2N3.C22H21F2N3.C21H18BrF2N3/c2*1-17-2-8-20(9-3-17)25-14-26(21-10-4-18(23)5-11-21)16-27(15-25)22-12-6-19(24)7-13-22;22-16-1-7-19(8-2-16)25-13-26(20-9-3-17(23)4-10-20)15-27(14-25)21-11-5-18(24)6-12-21/h2*2-13H,14-16H2,1H3;1-12H,13-15H2. The lowest BCUT2D eigenvalue weighted by Gasteiger charge is -2.45. The van der Waals surface area contributed by atoms with Gasteiger partial charge in [-0.1, -0.05) is 74.5 Å². The molecule has 0 atom stereocenters. The van der Waals surface area contributed by atoms with Crippen molar-refractivity contribution in [1.29, 1.82) is 0 Å². The van der Waals surface area contributed by atoms with E-state index in [1.54, 1.807) is 48.5 Å². The Morgan fingerprint density at radius 1 is 0.247 bits per heavy atom. The highest BCUT2D eigenvalue weighted by Crippen LogP contribution is 2.32. The van der Waals surface area contributed by atoms with E-state index in [2.05, 4.69) is 159 Å². The third kappa shape index (κ3) is 14.9. The van der Waals surface area contributed by atoms with Gasteiger partial charge in [0.15, 0.2) is 0 Å². The van der Waals surface area contributed by atoms with Crippen molar-refractivity contribution < 1.29 is 17.6 Å². The Balaban J connectivity index is 0.000000136. The summed E-state index contributed by atoms with van der Waals surface area (Å²) in [5.74, 6) is -1.00. The van der Waals surface area contributed by atoms with Gasteiger partial charge in [0, 0.05) is 65.7 Å². The normalized spacial score (nSPS) is 14.6. The number of halogens is 7. The lowest BCUT2D eigenvalue weighted by Crippen LogP contribution is -2.55. The molecule has 3 fully saturated rings. The third-order valence-electron chi connectivity index (χ3n) is 14.2. The van der Waals surface area contributed by atoms with Gasteiger partial charge < -0.3 is 44.1 Å². The van der Waals surface area contributed by atoms with Gasteiger partial charge in [0.1, 0.15) is 23.3 Å². The molecule has 9 nitrogen and oxygen atoms in total. The highest BCUT2D eigenvalue weighted by molar-refractivity contribution is 9.10. The van der Waals surface area contributed by atoms with E-state index in [9.17, 15) is 17.6 Å². The van der Waals surface area contributed by atoms with Crippen LogP contribution in [0.2, 0.25) is 10.0 Å². The van der Waals surface area contributed by atoms with Gasteiger partial charge >= 0.3 is 0 Å². The van der Waals surface area contributed by atoms with Gasteiger partial charge in [-0.2, -0.15) is 0 Å². The molecule has 3 saturated heterocycles. The van der Waals surface area contributed by atoms with Crippen LogP contribution >= 0.6 is 39.1 Å². The zero-order chi connectivity index (χ0) is 56.4. The first-order valence-corrected chi connectivity index (χ1v) is 28.0. The summed E-state index contributed by atoms with van der Waals surface area (Å²) in [5, 5.41) is 1.50. The lowest BCUT2D eigenvalue weighted by atomic mass is 10.2.